The molecule has 0 amide bonds. The number of carboxylic acids is 1. The van der Waals surface area contributed by atoms with Crippen LogP contribution in [0.3, 0.4) is 0 Å². The van der Waals surface area contributed by atoms with E-state index in [4.69, 9.17) is 9.63 Å². The predicted octanol–water partition coefficient (Wildman–Crippen LogP) is 5.16. The number of sulfonamides is 2. The summed E-state index contributed by atoms with van der Waals surface area (Å²) in [6.07, 6.45) is -4.82. The molecule has 0 saturated heterocycles. The van der Waals surface area contributed by atoms with Crippen LogP contribution in [0.1, 0.15) is 28.8 Å². The molecule has 0 aliphatic heterocycles. The molecule has 56 heavy (non-hydrogen) atoms. The molecule has 5 aromatic rings. The summed E-state index contributed by atoms with van der Waals surface area (Å²) >= 11 is 0. The van der Waals surface area contributed by atoms with Gasteiger partial charge in [-0.3, -0.25) is 9.59 Å². The lowest BCUT2D eigenvalue weighted by molar-refractivity contribution is -0.141. The molecule has 1 aromatic heterocycles. The summed E-state index contributed by atoms with van der Waals surface area (Å²) in [4.78, 5) is 36.7. The molecule has 0 unspecified atom stereocenters. The van der Waals surface area contributed by atoms with E-state index in [1.165, 1.54) is 74.9 Å². The maximum Gasteiger partial charge on any atom is 0.417 e. The van der Waals surface area contributed by atoms with Crippen LogP contribution in [0.5, 0.6) is 0 Å². The van der Waals surface area contributed by atoms with Crippen molar-refractivity contribution in [2.24, 2.45) is 0 Å². The molecule has 15 nitrogen and oxygen atoms in total. The highest BCUT2D eigenvalue weighted by Gasteiger charge is 2.34. The normalized spacial score (nSPS) is 11.6. The number of rotatable bonds is 14. The number of nitrogens with one attached hydrogen (secondary N) is 2. The van der Waals surface area contributed by atoms with Crippen LogP contribution < -0.4 is 9.44 Å². The fraction of sp³-hybridized carbons (Fsp3) is 0.194. The topological polar surface area (TPSA) is 221 Å². The summed E-state index contributed by atoms with van der Waals surface area (Å²) in [6.45, 7) is -0.220. The quantitative estimate of drug-likeness (QED) is 0.124. The number of halogens is 3. The molecule has 0 saturated carbocycles. The first-order valence-corrected chi connectivity index (χ1v) is 19.1. The molecule has 0 fully saturated rings. The molecule has 296 valence electrons. The second kappa shape index (κ2) is 18.6. The smallest absolute Gasteiger partial charge is 0.417 e. The SMILES string of the molecule is COC(=O)CCNS(=O)(=O)c1ccc(-c2nc(-c3ccc(-c4ccccc4)c(C(F)(F)F)c3)no2)cc1.COC(=O)CCNS(=O)(=O)c1ccc(C(=O)O)cc1. The third-order valence-corrected chi connectivity index (χ3v) is 10.6. The van der Waals surface area contributed by atoms with Crippen molar-refractivity contribution in [2.75, 3.05) is 27.3 Å². The number of esters is 2. The van der Waals surface area contributed by atoms with Crippen LogP contribution >= 0.6 is 0 Å². The number of hydrogen-bond acceptors (Lipinski definition) is 12. The molecule has 0 bridgehead atoms. The predicted molar refractivity (Wildman–Crippen MR) is 193 cm³/mol. The molecule has 3 N–H and O–H groups in total. The Kier molecular flexibility index (Phi) is 14.2. The molecule has 0 atom stereocenters. The van der Waals surface area contributed by atoms with Crippen LogP contribution in [0.4, 0.5) is 13.2 Å². The van der Waals surface area contributed by atoms with Crippen molar-refractivity contribution in [3.63, 3.8) is 0 Å². The molecular weight excluding hydrogens is 786 g/mol. The number of aromatic carboxylic acids is 1. The lowest BCUT2D eigenvalue weighted by Crippen LogP contribution is -2.26. The van der Waals surface area contributed by atoms with E-state index in [2.05, 4.69) is 29.1 Å². The zero-order chi connectivity index (χ0) is 41.1. The zero-order valence-electron chi connectivity index (χ0n) is 29.4. The van der Waals surface area contributed by atoms with Crippen LogP contribution in [-0.4, -0.2) is 77.3 Å². The van der Waals surface area contributed by atoms with Crippen molar-refractivity contribution in [1.82, 2.24) is 19.6 Å². The number of carbonyl (C=O) groups is 3. The number of aromatic nitrogens is 2. The monoisotopic (exact) mass is 818 g/mol. The molecule has 20 heteroatoms. The second-order valence-corrected chi connectivity index (χ2v) is 14.9. The van der Waals surface area contributed by atoms with Crippen molar-refractivity contribution in [3.8, 4) is 34.0 Å². The number of alkyl halides is 3. The van der Waals surface area contributed by atoms with E-state index in [-0.39, 0.29) is 64.1 Å². The van der Waals surface area contributed by atoms with Crippen molar-refractivity contribution in [1.29, 1.82) is 0 Å². The fourth-order valence-electron chi connectivity index (χ4n) is 4.74. The summed E-state index contributed by atoms with van der Waals surface area (Å²) in [5, 5.41) is 12.5. The maximum atomic E-state index is 13.8. The van der Waals surface area contributed by atoms with Gasteiger partial charge in [0.25, 0.3) is 5.89 Å². The summed E-state index contributed by atoms with van der Waals surface area (Å²) in [6, 6.07) is 22.2. The fourth-order valence-corrected chi connectivity index (χ4v) is 6.81. The standard InChI is InChI=1S/C25H20F3N3O5S.C11H13NO6S/c1-35-22(32)13-14-29-37(33,34)19-10-7-17(8-11-19)24-30-23(31-36-24)18-9-12-20(16-5-3-2-4-6-16)21(15-18)25(26,27)28;1-18-10(13)6-7-12-19(16,17)9-4-2-8(3-5-9)11(14)15/h2-12,15,29H,13-14H2,1H3;2-5,12H,6-7H2,1H3,(H,14,15). The first-order chi connectivity index (χ1) is 26.4. The Labute approximate surface area is 318 Å². The maximum absolute atomic E-state index is 13.8. The Morgan fingerprint density at radius 3 is 1.70 bits per heavy atom. The van der Waals surface area contributed by atoms with Gasteiger partial charge in [-0.2, -0.15) is 18.2 Å². The van der Waals surface area contributed by atoms with Crippen LogP contribution in [0, 0.1) is 0 Å². The molecule has 0 radical (unpaired) electrons. The largest absolute Gasteiger partial charge is 0.478 e. The van der Waals surface area contributed by atoms with Gasteiger partial charge in [-0.25, -0.2) is 31.1 Å². The number of nitrogens with zero attached hydrogens (tertiary/aromatic N) is 2. The van der Waals surface area contributed by atoms with Gasteiger partial charge in [0.1, 0.15) is 0 Å². The number of ether oxygens (including phenoxy) is 2. The first kappa shape index (κ1) is 42.8. The highest BCUT2D eigenvalue weighted by molar-refractivity contribution is 7.89. The number of carbonyl (C=O) groups excluding carboxylic acids is 2. The lowest BCUT2D eigenvalue weighted by Gasteiger charge is -2.14. The van der Waals surface area contributed by atoms with E-state index in [9.17, 15) is 44.4 Å². The third-order valence-electron chi connectivity index (χ3n) is 7.61. The van der Waals surface area contributed by atoms with Gasteiger partial charge in [0, 0.05) is 24.2 Å². The van der Waals surface area contributed by atoms with Crippen LogP contribution in [0.15, 0.2) is 111 Å². The average Bonchev–Trinajstić information content (AvgIpc) is 3.68. The summed E-state index contributed by atoms with van der Waals surface area (Å²) in [5.41, 5.74) is 0.0770. The van der Waals surface area contributed by atoms with Gasteiger partial charge in [-0.1, -0.05) is 47.6 Å². The number of methoxy groups -OCH3 is 2. The van der Waals surface area contributed by atoms with Gasteiger partial charge in [0.2, 0.25) is 25.9 Å². The first-order valence-electron chi connectivity index (χ1n) is 16.1. The van der Waals surface area contributed by atoms with Gasteiger partial charge >= 0.3 is 24.1 Å². The van der Waals surface area contributed by atoms with Crippen LogP contribution in [0.25, 0.3) is 34.0 Å². The highest BCUT2D eigenvalue weighted by Crippen LogP contribution is 2.39. The van der Waals surface area contributed by atoms with Gasteiger partial charge in [-0.05, 0) is 65.7 Å². The minimum Gasteiger partial charge on any atom is -0.478 e. The Morgan fingerprint density at radius 2 is 1.21 bits per heavy atom. The average molecular weight is 819 g/mol. The Balaban J connectivity index is 0.000000309. The highest BCUT2D eigenvalue weighted by atomic mass is 32.2. The molecule has 0 aliphatic rings. The Morgan fingerprint density at radius 1 is 0.714 bits per heavy atom. The molecule has 1 heterocycles. The second-order valence-electron chi connectivity index (χ2n) is 11.3. The van der Waals surface area contributed by atoms with Crippen molar-refractivity contribution in [3.05, 3.63) is 108 Å². The minimum atomic E-state index is -4.61. The van der Waals surface area contributed by atoms with E-state index in [0.29, 0.717) is 11.1 Å². The molecular formula is C36H33F3N4O11S2. The van der Waals surface area contributed by atoms with Crippen LogP contribution in [0.2, 0.25) is 0 Å². The van der Waals surface area contributed by atoms with E-state index < -0.39 is 49.7 Å². The van der Waals surface area contributed by atoms with Crippen molar-refractivity contribution < 1.29 is 63.5 Å². The van der Waals surface area contributed by atoms with Gasteiger partial charge in [0.15, 0.2) is 0 Å². The van der Waals surface area contributed by atoms with E-state index in [1.54, 1.807) is 30.3 Å². The number of hydrogen-bond donors (Lipinski definition) is 3. The van der Waals surface area contributed by atoms with E-state index in [1.807, 2.05) is 0 Å². The molecule has 5 rings (SSSR count). The number of carboxylic acid groups (broad SMARTS) is 1. The minimum absolute atomic E-state index is 0.00158. The molecule has 4 aromatic carbocycles. The van der Waals surface area contributed by atoms with Crippen molar-refractivity contribution in [2.45, 2.75) is 28.8 Å². The van der Waals surface area contributed by atoms with Crippen molar-refractivity contribution >= 4 is 38.0 Å². The number of benzene rings is 4. The summed E-state index contributed by atoms with van der Waals surface area (Å²) < 4.78 is 108. The van der Waals surface area contributed by atoms with Gasteiger partial charge in [0.05, 0.1) is 48.0 Å². The third kappa shape index (κ3) is 11.5. The zero-order valence-corrected chi connectivity index (χ0v) is 31.1. The van der Waals surface area contributed by atoms with Crippen LogP contribution in [-0.2, 0) is 45.3 Å². The Bertz CT molecular complexity index is 2370. The lowest BCUT2D eigenvalue weighted by atomic mass is 9.97. The van der Waals surface area contributed by atoms with E-state index >= 15 is 0 Å². The molecule has 0 spiro atoms. The summed E-state index contributed by atoms with van der Waals surface area (Å²) in [5.74, 6) is -2.27. The summed E-state index contributed by atoms with van der Waals surface area (Å²) in [7, 11) is -5.22. The Hall–Kier alpha value is -5.96. The van der Waals surface area contributed by atoms with Gasteiger partial charge < -0.3 is 19.1 Å². The van der Waals surface area contributed by atoms with Gasteiger partial charge in [-0.15, -0.1) is 0 Å². The molecule has 0 aliphatic carbocycles. The van der Waals surface area contributed by atoms with E-state index in [0.717, 1.165) is 6.07 Å².